The van der Waals surface area contributed by atoms with E-state index < -0.39 is 23.2 Å². The average molecular weight is 448 g/mol. The molecule has 0 spiro atoms. The highest BCUT2D eigenvalue weighted by molar-refractivity contribution is 5.89. The van der Waals surface area contributed by atoms with Crippen molar-refractivity contribution in [1.29, 1.82) is 0 Å². The molecule has 172 valence electrons. The van der Waals surface area contributed by atoms with Gasteiger partial charge in [-0.2, -0.15) is 13.2 Å². The van der Waals surface area contributed by atoms with E-state index in [2.05, 4.69) is 5.32 Å². The fourth-order valence-corrected chi connectivity index (χ4v) is 4.06. The van der Waals surface area contributed by atoms with Crippen LogP contribution in [0.4, 0.5) is 13.2 Å². The zero-order valence-corrected chi connectivity index (χ0v) is 18.3. The molecule has 0 aliphatic carbocycles. The summed E-state index contributed by atoms with van der Waals surface area (Å²) in [5, 5.41) is 3.02. The number of ether oxygens (including phenoxy) is 1. The standard InChI is InChI=1S/C24H27F3N2O3/c1-16(18-8-10-19(11-9-18)21(30)32-3)28-22(31)23(2)12-5-13-29(23)15-17-6-4-7-20(14-17)24(25,26)27/h4,6-11,14,16H,5,12-13,15H2,1-3H3,(H,28,31)/t16-,23-/m0/s1. The molecule has 1 amide bonds. The summed E-state index contributed by atoms with van der Waals surface area (Å²) in [7, 11) is 1.31. The van der Waals surface area contributed by atoms with E-state index in [0.29, 0.717) is 24.1 Å². The maximum absolute atomic E-state index is 13.2. The SMILES string of the molecule is COC(=O)c1ccc([C@H](C)NC(=O)[C@]2(C)CCCN2Cc2cccc(C(F)(F)F)c2)cc1. The predicted octanol–water partition coefficient (Wildman–Crippen LogP) is 4.72. The number of hydrogen-bond donors (Lipinski definition) is 1. The van der Waals surface area contributed by atoms with Crippen LogP contribution in [0.2, 0.25) is 0 Å². The van der Waals surface area contributed by atoms with Crippen molar-refractivity contribution in [3.05, 3.63) is 70.8 Å². The number of amides is 1. The first-order chi connectivity index (χ1) is 15.0. The van der Waals surface area contributed by atoms with Crippen LogP contribution < -0.4 is 5.32 Å². The summed E-state index contributed by atoms with van der Waals surface area (Å²) in [6.07, 6.45) is -3.00. The molecule has 0 unspecified atom stereocenters. The molecule has 5 nitrogen and oxygen atoms in total. The lowest BCUT2D eigenvalue weighted by Gasteiger charge is -2.35. The zero-order valence-electron chi connectivity index (χ0n) is 18.3. The lowest BCUT2D eigenvalue weighted by molar-refractivity contribution is -0.137. The van der Waals surface area contributed by atoms with Gasteiger partial charge in [0, 0.05) is 6.54 Å². The third kappa shape index (κ3) is 5.12. The summed E-state index contributed by atoms with van der Waals surface area (Å²) in [5.74, 6) is -0.608. The molecule has 1 heterocycles. The van der Waals surface area contributed by atoms with Crippen LogP contribution in [0.15, 0.2) is 48.5 Å². The number of carbonyl (C=O) groups excluding carboxylic acids is 2. The van der Waals surface area contributed by atoms with Gasteiger partial charge in [0.1, 0.15) is 0 Å². The lowest BCUT2D eigenvalue weighted by Crippen LogP contribution is -2.53. The highest BCUT2D eigenvalue weighted by Crippen LogP contribution is 2.34. The van der Waals surface area contributed by atoms with E-state index in [9.17, 15) is 22.8 Å². The van der Waals surface area contributed by atoms with Crippen molar-refractivity contribution in [1.82, 2.24) is 10.2 Å². The summed E-state index contributed by atoms with van der Waals surface area (Å²) >= 11 is 0. The molecular weight excluding hydrogens is 421 g/mol. The molecule has 1 fully saturated rings. The lowest BCUT2D eigenvalue weighted by atomic mass is 9.95. The second-order valence-corrected chi connectivity index (χ2v) is 8.31. The van der Waals surface area contributed by atoms with Crippen LogP contribution in [-0.2, 0) is 22.3 Å². The number of nitrogens with one attached hydrogen (secondary N) is 1. The Morgan fingerprint density at radius 3 is 2.50 bits per heavy atom. The first-order valence-corrected chi connectivity index (χ1v) is 10.4. The third-order valence-electron chi connectivity index (χ3n) is 6.09. The molecule has 8 heteroatoms. The molecular formula is C24H27F3N2O3. The summed E-state index contributed by atoms with van der Waals surface area (Å²) < 4.78 is 43.8. The van der Waals surface area contributed by atoms with Gasteiger partial charge in [-0.05, 0) is 62.6 Å². The Hall–Kier alpha value is -2.87. The van der Waals surface area contributed by atoms with Gasteiger partial charge in [0.15, 0.2) is 0 Å². The largest absolute Gasteiger partial charge is 0.465 e. The van der Waals surface area contributed by atoms with Crippen LogP contribution in [0.3, 0.4) is 0 Å². The van der Waals surface area contributed by atoms with E-state index in [0.717, 1.165) is 24.1 Å². The van der Waals surface area contributed by atoms with Gasteiger partial charge in [-0.15, -0.1) is 0 Å². The maximum Gasteiger partial charge on any atom is 0.416 e. The number of methoxy groups -OCH3 is 1. The second kappa shape index (κ2) is 9.32. The Morgan fingerprint density at radius 1 is 1.19 bits per heavy atom. The minimum Gasteiger partial charge on any atom is -0.465 e. The first kappa shape index (κ1) is 23.8. The normalized spacial score (nSPS) is 20.1. The van der Waals surface area contributed by atoms with Crippen molar-refractivity contribution < 1.29 is 27.5 Å². The molecule has 0 bridgehead atoms. The summed E-state index contributed by atoms with van der Waals surface area (Å²) in [6, 6.07) is 11.7. The fourth-order valence-electron chi connectivity index (χ4n) is 4.06. The molecule has 0 aromatic heterocycles. The number of alkyl halides is 3. The van der Waals surface area contributed by atoms with Crippen LogP contribution in [0.1, 0.15) is 59.8 Å². The number of halogens is 3. The number of esters is 1. The zero-order chi connectivity index (χ0) is 23.5. The topological polar surface area (TPSA) is 58.6 Å². The van der Waals surface area contributed by atoms with Gasteiger partial charge in [-0.25, -0.2) is 4.79 Å². The van der Waals surface area contributed by atoms with Crippen molar-refractivity contribution in [2.75, 3.05) is 13.7 Å². The van der Waals surface area contributed by atoms with E-state index in [-0.39, 0.29) is 18.5 Å². The number of rotatable bonds is 6. The van der Waals surface area contributed by atoms with Crippen molar-refractivity contribution in [2.24, 2.45) is 0 Å². The molecule has 1 N–H and O–H groups in total. The van der Waals surface area contributed by atoms with E-state index >= 15 is 0 Å². The van der Waals surface area contributed by atoms with Gasteiger partial charge in [0.25, 0.3) is 0 Å². The minimum absolute atomic E-state index is 0.175. The van der Waals surface area contributed by atoms with Gasteiger partial charge in [-0.1, -0.05) is 30.3 Å². The van der Waals surface area contributed by atoms with Gasteiger partial charge in [-0.3, -0.25) is 9.69 Å². The Labute approximate surface area is 185 Å². The minimum atomic E-state index is -4.40. The smallest absolute Gasteiger partial charge is 0.416 e. The Morgan fingerprint density at radius 2 is 1.88 bits per heavy atom. The Kier molecular flexibility index (Phi) is 6.93. The monoisotopic (exact) mass is 448 g/mol. The number of nitrogens with zero attached hydrogens (tertiary/aromatic N) is 1. The van der Waals surface area contributed by atoms with E-state index in [4.69, 9.17) is 4.74 Å². The second-order valence-electron chi connectivity index (χ2n) is 8.31. The van der Waals surface area contributed by atoms with Crippen LogP contribution >= 0.6 is 0 Å². The molecule has 3 rings (SSSR count). The highest BCUT2D eigenvalue weighted by Gasteiger charge is 2.43. The summed E-state index contributed by atoms with van der Waals surface area (Å²) in [6.45, 7) is 4.56. The molecule has 2 atom stereocenters. The summed E-state index contributed by atoms with van der Waals surface area (Å²) in [4.78, 5) is 26.7. The van der Waals surface area contributed by atoms with E-state index in [1.807, 2.05) is 18.7 Å². The maximum atomic E-state index is 13.2. The van der Waals surface area contributed by atoms with Gasteiger partial charge >= 0.3 is 12.1 Å². The number of benzene rings is 2. The number of likely N-dealkylation sites (tertiary alicyclic amines) is 1. The van der Waals surface area contributed by atoms with Crippen molar-refractivity contribution in [3.8, 4) is 0 Å². The molecule has 1 aliphatic heterocycles. The predicted molar refractivity (Wildman–Crippen MR) is 114 cm³/mol. The number of carbonyl (C=O) groups is 2. The molecule has 1 aliphatic rings. The molecule has 1 saturated heterocycles. The van der Waals surface area contributed by atoms with Crippen molar-refractivity contribution in [3.63, 3.8) is 0 Å². The summed E-state index contributed by atoms with van der Waals surface area (Å²) in [5.41, 5.74) is 0.257. The van der Waals surface area contributed by atoms with Crippen molar-refractivity contribution >= 4 is 11.9 Å². The Bertz CT molecular complexity index is 975. The van der Waals surface area contributed by atoms with Crippen LogP contribution in [-0.4, -0.2) is 36.0 Å². The van der Waals surface area contributed by atoms with Crippen LogP contribution in [0, 0.1) is 0 Å². The molecule has 2 aromatic carbocycles. The molecule has 2 aromatic rings. The van der Waals surface area contributed by atoms with Gasteiger partial charge < -0.3 is 10.1 Å². The highest BCUT2D eigenvalue weighted by atomic mass is 19.4. The Balaban J connectivity index is 1.70. The third-order valence-corrected chi connectivity index (χ3v) is 6.09. The molecule has 0 radical (unpaired) electrons. The fraction of sp³-hybridized carbons (Fsp3) is 0.417. The molecule has 0 saturated carbocycles. The quantitative estimate of drug-likeness (QED) is 0.650. The van der Waals surface area contributed by atoms with E-state index in [1.54, 1.807) is 30.3 Å². The van der Waals surface area contributed by atoms with Gasteiger partial charge in [0.2, 0.25) is 5.91 Å². The van der Waals surface area contributed by atoms with E-state index in [1.165, 1.54) is 13.2 Å². The first-order valence-electron chi connectivity index (χ1n) is 10.4. The molecule has 32 heavy (non-hydrogen) atoms. The van der Waals surface area contributed by atoms with Crippen molar-refractivity contribution in [2.45, 2.75) is 51.0 Å². The van der Waals surface area contributed by atoms with Gasteiger partial charge in [0.05, 0.1) is 29.8 Å². The van der Waals surface area contributed by atoms with Crippen LogP contribution in [0.5, 0.6) is 0 Å². The number of hydrogen-bond acceptors (Lipinski definition) is 4. The average Bonchev–Trinajstić information content (AvgIpc) is 3.14. The van der Waals surface area contributed by atoms with Crippen LogP contribution in [0.25, 0.3) is 0 Å².